The van der Waals surface area contributed by atoms with Crippen LogP contribution < -0.4 is 10.1 Å². The van der Waals surface area contributed by atoms with Crippen LogP contribution in [0.4, 0.5) is 10.1 Å². The summed E-state index contributed by atoms with van der Waals surface area (Å²) < 4.78 is 20.1. The molecule has 134 valence electrons. The lowest BCUT2D eigenvalue weighted by atomic mass is 10.2. The summed E-state index contributed by atoms with van der Waals surface area (Å²) in [4.78, 5) is 17.0. The fourth-order valence-corrected chi connectivity index (χ4v) is 4.50. The van der Waals surface area contributed by atoms with Crippen LogP contribution in [0.3, 0.4) is 0 Å². The molecule has 3 rings (SSSR count). The lowest BCUT2D eigenvalue weighted by Gasteiger charge is -2.09. The summed E-state index contributed by atoms with van der Waals surface area (Å²) in [7, 11) is 0. The number of aliphatic imine (C=N–C) groups is 1. The van der Waals surface area contributed by atoms with Crippen LogP contribution in [0, 0.1) is 5.82 Å². The molecule has 0 aromatic heterocycles. The molecule has 2 aromatic rings. The maximum atomic E-state index is 13.0. The zero-order valence-corrected chi connectivity index (χ0v) is 17.5. The van der Waals surface area contributed by atoms with Gasteiger partial charge in [-0.25, -0.2) is 9.38 Å². The third-order valence-corrected chi connectivity index (χ3v) is 5.40. The van der Waals surface area contributed by atoms with Crippen LogP contribution in [0.15, 0.2) is 55.2 Å². The zero-order valence-electron chi connectivity index (χ0n) is 13.6. The van der Waals surface area contributed by atoms with Crippen LogP contribution >= 0.6 is 43.6 Å². The van der Waals surface area contributed by atoms with Crippen LogP contribution in [-0.2, 0) is 4.79 Å². The molecular formula is C18H13Br2FN2O2S. The minimum absolute atomic E-state index is 0.225. The number of hydrogen-bond donors (Lipinski definition) is 1. The fraction of sp³-hybridized carbons (Fsp3) is 0.111. The predicted octanol–water partition coefficient (Wildman–Crippen LogP) is 5.64. The number of benzene rings is 2. The number of ether oxygens (including phenoxy) is 1. The minimum atomic E-state index is -0.329. The third kappa shape index (κ3) is 4.55. The van der Waals surface area contributed by atoms with Crippen molar-refractivity contribution in [2.75, 3.05) is 6.61 Å². The Morgan fingerprint density at radius 2 is 1.88 bits per heavy atom. The highest BCUT2D eigenvalue weighted by Crippen LogP contribution is 2.36. The summed E-state index contributed by atoms with van der Waals surface area (Å²) in [6.45, 7) is 2.47. The highest BCUT2D eigenvalue weighted by molar-refractivity contribution is 9.11. The maximum absolute atomic E-state index is 13.0. The van der Waals surface area contributed by atoms with E-state index in [1.54, 1.807) is 18.2 Å². The van der Waals surface area contributed by atoms with Gasteiger partial charge in [-0.3, -0.25) is 4.79 Å². The second-order valence-corrected chi connectivity index (χ2v) is 7.94. The summed E-state index contributed by atoms with van der Waals surface area (Å²) in [5.74, 6) is 0.165. The van der Waals surface area contributed by atoms with Gasteiger partial charge in [0.2, 0.25) is 0 Å². The van der Waals surface area contributed by atoms with Gasteiger partial charge in [-0.1, -0.05) is 0 Å². The van der Waals surface area contributed by atoms with Gasteiger partial charge < -0.3 is 10.1 Å². The van der Waals surface area contributed by atoms with Crippen LogP contribution in [-0.4, -0.2) is 17.7 Å². The van der Waals surface area contributed by atoms with E-state index in [2.05, 4.69) is 42.2 Å². The van der Waals surface area contributed by atoms with E-state index in [0.29, 0.717) is 22.4 Å². The summed E-state index contributed by atoms with van der Waals surface area (Å²) in [5, 5.41) is 3.17. The monoisotopic (exact) mass is 498 g/mol. The SMILES string of the molecule is CCOc1c(Br)cc(/C=C2/SC(=Nc3ccc(F)cc3)NC2=O)cc1Br. The molecule has 0 spiro atoms. The first-order valence-electron chi connectivity index (χ1n) is 7.63. The van der Waals surface area contributed by atoms with Crippen molar-refractivity contribution in [3.63, 3.8) is 0 Å². The molecular weight excluding hydrogens is 487 g/mol. The van der Waals surface area contributed by atoms with Gasteiger partial charge in [0.1, 0.15) is 11.6 Å². The van der Waals surface area contributed by atoms with E-state index in [4.69, 9.17) is 4.74 Å². The summed E-state index contributed by atoms with van der Waals surface area (Å²) in [6, 6.07) is 9.52. The number of amidine groups is 1. The molecule has 4 nitrogen and oxygen atoms in total. The molecule has 1 aliphatic rings. The molecule has 1 fully saturated rings. The third-order valence-electron chi connectivity index (χ3n) is 3.32. The topological polar surface area (TPSA) is 50.7 Å². The van der Waals surface area contributed by atoms with Crippen LogP contribution in [0.25, 0.3) is 6.08 Å². The highest BCUT2D eigenvalue weighted by Gasteiger charge is 2.24. The van der Waals surface area contributed by atoms with E-state index in [9.17, 15) is 9.18 Å². The molecule has 0 unspecified atom stereocenters. The summed E-state index contributed by atoms with van der Waals surface area (Å²) in [6.07, 6.45) is 1.78. The Morgan fingerprint density at radius 3 is 2.50 bits per heavy atom. The number of carbonyl (C=O) groups is 1. The average Bonchev–Trinajstić information content (AvgIpc) is 2.92. The van der Waals surface area contributed by atoms with Crippen molar-refractivity contribution in [1.82, 2.24) is 5.32 Å². The van der Waals surface area contributed by atoms with Crippen molar-refractivity contribution < 1.29 is 13.9 Å². The molecule has 1 amide bonds. The number of rotatable bonds is 4. The summed E-state index contributed by atoms with van der Waals surface area (Å²) >= 11 is 8.19. The zero-order chi connectivity index (χ0) is 18.7. The number of nitrogens with one attached hydrogen (secondary N) is 1. The summed E-state index contributed by atoms with van der Waals surface area (Å²) in [5.41, 5.74) is 1.41. The molecule has 26 heavy (non-hydrogen) atoms. The van der Waals surface area contributed by atoms with Crippen molar-refractivity contribution in [2.45, 2.75) is 6.92 Å². The lowest BCUT2D eigenvalue weighted by molar-refractivity contribution is -0.115. The van der Waals surface area contributed by atoms with Gasteiger partial charge in [0.25, 0.3) is 5.91 Å². The van der Waals surface area contributed by atoms with Gasteiger partial charge in [-0.15, -0.1) is 0 Å². The Kier molecular flexibility index (Phi) is 6.16. The fourth-order valence-electron chi connectivity index (χ4n) is 2.21. The van der Waals surface area contributed by atoms with Gasteiger partial charge in [-0.2, -0.15) is 0 Å². The van der Waals surface area contributed by atoms with Gasteiger partial charge in [-0.05, 0) is 98.6 Å². The van der Waals surface area contributed by atoms with Crippen molar-refractivity contribution in [3.8, 4) is 5.75 Å². The number of hydrogen-bond acceptors (Lipinski definition) is 4. The predicted molar refractivity (Wildman–Crippen MR) is 110 cm³/mol. The number of halogens is 3. The van der Waals surface area contributed by atoms with Gasteiger partial charge in [0, 0.05) is 0 Å². The molecule has 1 heterocycles. The van der Waals surface area contributed by atoms with Gasteiger partial charge in [0.05, 0.1) is 26.1 Å². The van der Waals surface area contributed by atoms with Crippen LogP contribution in [0.1, 0.15) is 12.5 Å². The first-order valence-corrected chi connectivity index (χ1v) is 10.0. The Bertz CT molecular complexity index is 891. The molecule has 0 atom stereocenters. The Balaban J connectivity index is 1.84. The minimum Gasteiger partial charge on any atom is -0.492 e. The van der Waals surface area contributed by atoms with Crippen LogP contribution in [0.5, 0.6) is 5.75 Å². The van der Waals surface area contributed by atoms with Crippen molar-refractivity contribution in [3.05, 3.63) is 61.6 Å². The molecule has 0 bridgehead atoms. The second-order valence-electron chi connectivity index (χ2n) is 5.20. The van der Waals surface area contributed by atoms with E-state index in [-0.39, 0.29) is 11.7 Å². The van der Waals surface area contributed by atoms with E-state index in [1.165, 1.54) is 23.9 Å². The van der Waals surface area contributed by atoms with Crippen molar-refractivity contribution in [1.29, 1.82) is 0 Å². The molecule has 1 saturated heterocycles. The van der Waals surface area contributed by atoms with E-state index in [1.807, 2.05) is 19.1 Å². The molecule has 0 aliphatic carbocycles. The molecule has 1 aliphatic heterocycles. The molecule has 0 saturated carbocycles. The first-order chi connectivity index (χ1) is 12.5. The molecule has 2 aromatic carbocycles. The quantitative estimate of drug-likeness (QED) is 0.553. The number of thioether (sulfide) groups is 1. The van der Waals surface area contributed by atoms with Gasteiger partial charge in [0.15, 0.2) is 5.17 Å². The number of nitrogens with zero attached hydrogens (tertiary/aromatic N) is 1. The molecule has 0 radical (unpaired) electrons. The van der Waals surface area contributed by atoms with E-state index < -0.39 is 0 Å². The molecule has 1 N–H and O–H groups in total. The number of carbonyl (C=O) groups excluding carboxylic acids is 1. The number of amides is 1. The normalized spacial score (nSPS) is 17.0. The van der Waals surface area contributed by atoms with Crippen molar-refractivity contribution in [2.24, 2.45) is 4.99 Å². The standard InChI is InChI=1S/C18H13Br2FN2O2S/c1-2-25-16-13(19)7-10(8-14(16)20)9-15-17(24)23-18(26-15)22-12-5-3-11(21)4-6-12/h3-9H,2H2,1H3,(H,22,23,24)/b15-9+. The Morgan fingerprint density at radius 1 is 1.23 bits per heavy atom. The van der Waals surface area contributed by atoms with E-state index >= 15 is 0 Å². The Hall–Kier alpha value is -1.64. The molecule has 8 heteroatoms. The Labute approximate surface area is 171 Å². The second kappa shape index (κ2) is 8.37. The van der Waals surface area contributed by atoms with Crippen LogP contribution in [0.2, 0.25) is 0 Å². The maximum Gasteiger partial charge on any atom is 0.264 e. The van der Waals surface area contributed by atoms with Crippen molar-refractivity contribution >= 4 is 66.5 Å². The smallest absolute Gasteiger partial charge is 0.264 e. The first kappa shape index (κ1) is 19.1. The highest BCUT2D eigenvalue weighted by atomic mass is 79.9. The lowest BCUT2D eigenvalue weighted by Crippen LogP contribution is -2.19. The largest absolute Gasteiger partial charge is 0.492 e. The van der Waals surface area contributed by atoms with Gasteiger partial charge >= 0.3 is 0 Å². The van der Waals surface area contributed by atoms with E-state index in [0.717, 1.165) is 20.3 Å². The average molecular weight is 500 g/mol.